The average Bonchev–Trinajstić information content (AvgIpc) is 2.47. The SMILES string of the molecule is CN1C(=O)C(=Cc2ccccc2S(=O)(=O)O)C(=O)N(C)C1=O. The first-order chi connectivity index (χ1) is 10.1. The van der Waals surface area contributed by atoms with E-state index >= 15 is 0 Å². The fraction of sp³-hybridized carbons (Fsp3) is 0.154. The van der Waals surface area contributed by atoms with Crippen molar-refractivity contribution in [3.63, 3.8) is 0 Å². The lowest BCUT2D eigenvalue weighted by molar-refractivity contribution is -0.134. The lowest BCUT2D eigenvalue weighted by Crippen LogP contribution is -2.52. The molecule has 22 heavy (non-hydrogen) atoms. The van der Waals surface area contributed by atoms with Crippen molar-refractivity contribution in [3.05, 3.63) is 35.4 Å². The van der Waals surface area contributed by atoms with Crippen LogP contribution in [0.2, 0.25) is 0 Å². The van der Waals surface area contributed by atoms with Gasteiger partial charge in [0.25, 0.3) is 21.9 Å². The number of hydrogen-bond acceptors (Lipinski definition) is 5. The molecular weight excluding hydrogens is 312 g/mol. The highest BCUT2D eigenvalue weighted by atomic mass is 32.2. The number of amides is 4. The van der Waals surface area contributed by atoms with Gasteiger partial charge in [0.05, 0.1) is 0 Å². The Labute approximate surface area is 126 Å². The molecule has 1 aliphatic heterocycles. The van der Waals surface area contributed by atoms with E-state index in [1.54, 1.807) is 0 Å². The molecule has 2 rings (SSSR count). The summed E-state index contributed by atoms with van der Waals surface area (Å²) in [7, 11) is -2.11. The molecule has 1 N–H and O–H groups in total. The number of nitrogens with zero attached hydrogens (tertiary/aromatic N) is 2. The van der Waals surface area contributed by atoms with Crippen LogP contribution in [0.4, 0.5) is 4.79 Å². The second-order valence-corrected chi connectivity index (χ2v) is 5.97. The van der Waals surface area contributed by atoms with Gasteiger partial charge >= 0.3 is 6.03 Å². The molecule has 0 aromatic heterocycles. The smallest absolute Gasteiger partial charge is 0.282 e. The average molecular weight is 324 g/mol. The predicted molar refractivity (Wildman–Crippen MR) is 75.2 cm³/mol. The quantitative estimate of drug-likeness (QED) is 0.478. The summed E-state index contributed by atoms with van der Waals surface area (Å²) in [5.41, 5.74) is -0.404. The van der Waals surface area contributed by atoms with E-state index in [2.05, 4.69) is 0 Å². The van der Waals surface area contributed by atoms with Crippen LogP contribution in [-0.2, 0) is 19.7 Å². The maximum absolute atomic E-state index is 12.0. The number of urea groups is 1. The fourth-order valence-electron chi connectivity index (χ4n) is 1.97. The van der Waals surface area contributed by atoms with Crippen LogP contribution in [0.1, 0.15) is 5.56 Å². The molecule has 0 spiro atoms. The van der Waals surface area contributed by atoms with E-state index in [1.165, 1.54) is 32.3 Å². The molecule has 1 saturated heterocycles. The topological polar surface area (TPSA) is 112 Å². The third-order valence-electron chi connectivity index (χ3n) is 3.14. The molecular formula is C13H12N2O6S. The number of hydrogen-bond donors (Lipinski definition) is 1. The van der Waals surface area contributed by atoms with Crippen LogP contribution >= 0.6 is 0 Å². The Morgan fingerprint density at radius 3 is 2.00 bits per heavy atom. The van der Waals surface area contributed by atoms with Gasteiger partial charge in [-0.05, 0) is 17.7 Å². The van der Waals surface area contributed by atoms with Crippen molar-refractivity contribution in [1.82, 2.24) is 9.80 Å². The van der Waals surface area contributed by atoms with Crippen molar-refractivity contribution in [2.24, 2.45) is 0 Å². The van der Waals surface area contributed by atoms with Gasteiger partial charge in [-0.25, -0.2) is 4.79 Å². The van der Waals surface area contributed by atoms with E-state index in [0.717, 1.165) is 21.9 Å². The molecule has 1 aliphatic rings. The Morgan fingerprint density at radius 1 is 1.00 bits per heavy atom. The standard InChI is InChI=1S/C13H12N2O6S/c1-14-11(16)9(12(17)15(2)13(14)18)7-8-5-3-4-6-10(8)22(19,20)21/h3-7H,1-2H3,(H,19,20,21). The maximum Gasteiger partial charge on any atom is 0.333 e. The minimum absolute atomic E-state index is 0.0298. The summed E-state index contributed by atoms with van der Waals surface area (Å²) in [6.45, 7) is 0. The Kier molecular flexibility index (Phi) is 3.86. The zero-order valence-electron chi connectivity index (χ0n) is 11.7. The van der Waals surface area contributed by atoms with Gasteiger partial charge in [0, 0.05) is 14.1 Å². The van der Waals surface area contributed by atoms with Crippen molar-refractivity contribution >= 4 is 34.0 Å². The maximum atomic E-state index is 12.0. The van der Waals surface area contributed by atoms with Crippen LogP contribution in [0.5, 0.6) is 0 Å². The lowest BCUT2D eigenvalue weighted by atomic mass is 10.1. The molecule has 1 heterocycles. The number of carbonyl (C=O) groups excluding carboxylic acids is 3. The van der Waals surface area contributed by atoms with Gasteiger partial charge in [-0.2, -0.15) is 8.42 Å². The van der Waals surface area contributed by atoms with E-state index in [1.807, 2.05) is 0 Å². The van der Waals surface area contributed by atoms with Gasteiger partial charge in [0.2, 0.25) is 0 Å². The van der Waals surface area contributed by atoms with Gasteiger partial charge in [0.15, 0.2) is 0 Å². The fourth-order valence-corrected chi connectivity index (χ4v) is 2.64. The first-order valence-corrected chi connectivity index (χ1v) is 7.47. The van der Waals surface area contributed by atoms with Gasteiger partial charge in [0.1, 0.15) is 10.5 Å². The predicted octanol–water partition coefficient (Wildman–Crippen LogP) is 0.367. The van der Waals surface area contributed by atoms with Crippen LogP contribution < -0.4 is 0 Å². The summed E-state index contributed by atoms with van der Waals surface area (Å²) >= 11 is 0. The molecule has 8 nitrogen and oxygen atoms in total. The molecule has 116 valence electrons. The van der Waals surface area contributed by atoms with E-state index in [-0.39, 0.29) is 11.1 Å². The van der Waals surface area contributed by atoms with E-state index in [0.29, 0.717) is 0 Å². The first kappa shape index (κ1) is 15.9. The molecule has 0 aliphatic carbocycles. The normalized spacial score (nSPS) is 16.3. The Morgan fingerprint density at radius 2 is 1.50 bits per heavy atom. The third-order valence-corrected chi connectivity index (χ3v) is 4.07. The monoisotopic (exact) mass is 324 g/mol. The second kappa shape index (κ2) is 5.35. The minimum Gasteiger partial charge on any atom is -0.282 e. The zero-order valence-corrected chi connectivity index (χ0v) is 12.5. The summed E-state index contributed by atoms with van der Waals surface area (Å²) in [4.78, 5) is 36.7. The second-order valence-electron chi connectivity index (χ2n) is 4.58. The van der Waals surface area contributed by atoms with Gasteiger partial charge in [-0.15, -0.1) is 0 Å². The van der Waals surface area contributed by atoms with Gasteiger partial charge < -0.3 is 0 Å². The Hall–Kier alpha value is -2.52. The summed E-state index contributed by atoms with van der Waals surface area (Å²) in [6, 6.07) is 4.55. The van der Waals surface area contributed by atoms with E-state index in [4.69, 9.17) is 0 Å². The molecule has 0 radical (unpaired) electrons. The molecule has 1 aromatic carbocycles. The molecule has 0 saturated carbocycles. The van der Waals surface area contributed by atoms with Crippen LogP contribution in [0.25, 0.3) is 6.08 Å². The first-order valence-electron chi connectivity index (χ1n) is 6.03. The van der Waals surface area contributed by atoms with Crippen molar-refractivity contribution in [3.8, 4) is 0 Å². The largest absolute Gasteiger partial charge is 0.333 e. The molecule has 0 bridgehead atoms. The van der Waals surface area contributed by atoms with Crippen LogP contribution in [-0.4, -0.2) is 54.7 Å². The number of imide groups is 2. The Bertz CT molecular complexity index is 786. The number of carbonyl (C=O) groups is 3. The number of benzene rings is 1. The molecule has 9 heteroatoms. The van der Waals surface area contributed by atoms with Crippen LogP contribution in [0.3, 0.4) is 0 Å². The summed E-state index contributed by atoms with van der Waals surface area (Å²) in [5, 5.41) is 0. The summed E-state index contributed by atoms with van der Waals surface area (Å²) < 4.78 is 31.8. The van der Waals surface area contributed by atoms with Crippen LogP contribution in [0, 0.1) is 0 Å². The molecule has 1 aromatic rings. The Balaban J connectivity index is 2.61. The van der Waals surface area contributed by atoms with Crippen LogP contribution in [0.15, 0.2) is 34.7 Å². The highest BCUT2D eigenvalue weighted by Gasteiger charge is 2.38. The molecule has 4 amide bonds. The van der Waals surface area contributed by atoms with Crippen molar-refractivity contribution in [2.45, 2.75) is 4.90 Å². The van der Waals surface area contributed by atoms with Gasteiger partial charge in [-0.1, -0.05) is 18.2 Å². The summed E-state index contributed by atoms with van der Waals surface area (Å²) in [6.07, 6.45) is 1.03. The number of likely N-dealkylation sites (N-methyl/N-ethyl adjacent to an activating group) is 2. The van der Waals surface area contributed by atoms with Crippen molar-refractivity contribution in [1.29, 1.82) is 0 Å². The highest BCUT2D eigenvalue weighted by Crippen LogP contribution is 2.22. The lowest BCUT2D eigenvalue weighted by Gasteiger charge is -2.28. The zero-order chi connectivity index (χ0) is 16.7. The molecule has 0 atom stereocenters. The summed E-state index contributed by atoms with van der Waals surface area (Å²) in [5.74, 6) is -1.70. The third kappa shape index (κ3) is 2.63. The van der Waals surface area contributed by atoms with Crippen molar-refractivity contribution in [2.75, 3.05) is 14.1 Å². The minimum atomic E-state index is -4.52. The number of barbiturate groups is 1. The van der Waals surface area contributed by atoms with E-state index < -0.39 is 32.9 Å². The van der Waals surface area contributed by atoms with E-state index in [9.17, 15) is 27.4 Å². The van der Waals surface area contributed by atoms with Gasteiger partial charge in [-0.3, -0.25) is 23.9 Å². The molecule has 1 fully saturated rings. The highest BCUT2D eigenvalue weighted by molar-refractivity contribution is 7.85. The van der Waals surface area contributed by atoms with Crippen molar-refractivity contribution < 1.29 is 27.4 Å². The number of rotatable bonds is 2. The molecule has 0 unspecified atom stereocenters.